The number of imidazole rings is 1. The highest BCUT2D eigenvalue weighted by Crippen LogP contribution is 2.45. The number of thiazole rings is 1. The Morgan fingerprint density at radius 1 is 1.38 bits per heavy atom. The van der Waals surface area contributed by atoms with E-state index in [1.165, 1.54) is 11.3 Å². The molecule has 8 heteroatoms. The van der Waals surface area contributed by atoms with Crippen molar-refractivity contribution in [2.75, 3.05) is 0 Å². The zero-order chi connectivity index (χ0) is 20.2. The van der Waals surface area contributed by atoms with E-state index in [2.05, 4.69) is 21.4 Å². The number of nitrogens with one attached hydrogen (secondary N) is 1. The maximum absolute atomic E-state index is 12.4. The monoisotopic (exact) mass is 402 g/mol. The van der Waals surface area contributed by atoms with Crippen LogP contribution in [0.15, 0.2) is 36.8 Å². The van der Waals surface area contributed by atoms with Crippen LogP contribution in [0.4, 0.5) is 0 Å². The molecule has 0 aliphatic heterocycles. The van der Waals surface area contributed by atoms with E-state index in [9.17, 15) is 10.1 Å². The average molecular weight is 402 g/mol. The Morgan fingerprint density at radius 2 is 2.21 bits per heavy atom. The summed E-state index contributed by atoms with van der Waals surface area (Å²) in [4.78, 5) is 26.9. The third-order valence-electron chi connectivity index (χ3n) is 5.48. The second kappa shape index (κ2) is 6.36. The van der Waals surface area contributed by atoms with Crippen LogP contribution in [-0.2, 0) is 11.8 Å². The zero-order valence-corrected chi connectivity index (χ0v) is 16.8. The van der Waals surface area contributed by atoms with E-state index in [1.54, 1.807) is 12.5 Å². The average Bonchev–Trinajstić information content (AvgIpc) is 3.28. The van der Waals surface area contributed by atoms with Gasteiger partial charge in [-0.25, -0.2) is 15.0 Å². The molecule has 4 aromatic rings. The van der Waals surface area contributed by atoms with Crippen molar-refractivity contribution >= 4 is 38.6 Å². The number of benzene rings is 1. The molecule has 0 unspecified atom stereocenters. The van der Waals surface area contributed by atoms with Crippen molar-refractivity contribution in [1.29, 1.82) is 5.26 Å². The normalized spacial score (nSPS) is 15.9. The molecule has 1 saturated carbocycles. The molecule has 1 aliphatic carbocycles. The highest BCUT2D eigenvalue weighted by atomic mass is 32.1. The minimum absolute atomic E-state index is 0.180. The first-order chi connectivity index (χ1) is 14.0. The Hall–Kier alpha value is -3.31. The van der Waals surface area contributed by atoms with Gasteiger partial charge in [-0.3, -0.25) is 4.79 Å². The molecular weight excluding hydrogens is 384 g/mol. The van der Waals surface area contributed by atoms with Crippen LogP contribution in [0.1, 0.15) is 31.4 Å². The largest absolute Gasteiger partial charge is 0.348 e. The summed E-state index contributed by atoms with van der Waals surface area (Å²) in [5.41, 5.74) is 3.78. The highest BCUT2D eigenvalue weighted by molar-refractivity contribution is 7.21. The number of rotatable bonds is 4. The smallest absolute Gasteiger partial charge is 0.240 e. The van der Waals surface area contributed by atoms with E-state index in [-0.39, 0.29) is 11.9 Å². The summed E-state index contributed by atoms with van der Waals surface area (Å²) in [6, 6.07) is 9.94. The van der Waals surface area contributed by atoms with Gasteiger partial charge < -0.3 is 9.88 Å². The fraction of sp³-hybridized carbons (Fsp3) is 0.286. The van der Waals surface area contributed by atoms with Gasteiger partial charge in [-0.1, -0.05) is 29.5 Å². The molecule has 0 spiro atoms. The molecule has 1 fully saturated rings. The van der Waals surface area contributed by atoms with E-state index in [4.69, 9.17) is 4.98 Å². The molecule has 29 heavy (non-hydrogen) atoms. The van der Waals surface area contributed by atoms with Crippen LogP contribution < -0.4 is 5.32 Å². The number of hydrogen-bond acceptors (Lipinski definition) is 6. The van der Waals surface area contributed by atoms with Gasteiger partial charge in [0.05, 0.1) is 30.2 Å². The van der Waals surface area contributed by atoms with Crippen molar-refractivity contribution < 1.29 is 4.79 Å². The molecule has 3 aromatic heterocycles. The number of aromatic nitrogens is 4. The topological polar surface area (TPSA) is 96.5 Å². The van der Waals surface area contributed by atoms with E-state index in [0.717, 1.165) is 37.5 Å². The third kappa shape index (κ3) is 2.86. The van der Waals surface area contributed by atoms with Gasteiger partial charge in [-0.15, -0.1) is 0 Å². The predicted molar refractivity (Wildman–Crippen MR) is 111 cm³/mol. The van der Waals surface area contributed by atoms with Crippen LogP contribution in [0.2, 0.25) is 0 Å². The first-order valence-corrected chi connectivity index (χ1v) is 10.2. The Labute approximate surface area is 171 Å². The predicted octanol–water partition coefficient (Wildman–Crippen LogP) is 3.73. The molecule has 7 nitrogen and oxygen atoms in total. The van der Waals surface area contributed by atoms with Gasteiger partial charge in [0, 0.05) is 12.6 Å². The SMILES string of the molecule is C[C@H](NC(=O)C1(C#N)CC1)c1cccc(-c2nc3c(ncc4ncn(C)c43)s2)c1. The molecule has 0 bridgehead atoms. The summed E-state index contributed by atoms with van der Waals surface area (Å²) >= 11 is 1.54. The standard InChI is InChI=1S/C21H18N6OS/c1-12(25-20(28)21(10-22)6-7-21)13-4-3-5-14(8-13)18-26-16-17-15(24-11-27(17)2)9-23-19(16)29-18/h3-5,8-9,11-12H,6-7H2,1-2H3,(H,25,28)/t12-/m0/s1. The molecular formula is C21H18N6OS. The van der Waals surface area contributed by atoms with Crippen molar-refractivity contribution in [3.05, 3.63) is 42.4 Å². The lowest BCUT2D eigenvalue weighted by molar-refractivity contribution is -0.125. The van der Waals surface area contributed by atoms with E-state index in [0.29, 0.717) is 12.8 Å². The van der Waals surface area contributed by atoms with Gasteiger partial charge in [-0.05, 0) is 31.4 Å². The van der Waals surface area contributed by atoms with Gasteiger partial charge in [0.2, 0.25) is 5.91 Å². The van der Waals surface area contributed by atoms with E-state index < -0.39 is 5.41 Å². The van der Waals surface area contributed by atoms with Crippen LogP contribution in [-0.4, -0.2) is 25.4 Å². The van der Waals surface area contributed by atoms with Crippen molar-refractivity contribution in [2.24, 2.45) is 12.5 Å². The third-order valence-corrected chi connectivity index (χ3v) is 6.50. The number of fused-ring (bicyclic) bond motifs is 3. The number of amides is 1. The Kier molecular flexibility index (Phi) is 3.89. The van der Waals surface area contributed by atoms with Crippen molar-refractivity contribution in [2.45, 2.75) is 25.8 Å². The van der Waals surface area contributed by atoms with Gasteiger partial charge in [0.15, 0.2) is 0 Å². The summed E-state index contributed by atoms with van der Waals surface area (Å²) in [6.45, 7) is 1.93. The van der Waals surface area contributed by atoms with Gasteiger partial charge >= 0.3 is 0 Å². The van der Waals surface area contributed by atoms with Gasteiger partial charge in [-0.2, -0.15) is 5.26 Å². The molecule has 1 aliphatic rings. The number of nitriles is 1. The summed E-state index contributed by atoms with van der Waals surface area (Å²) in [7, 11) is 1.95. The number of aryl methyl sites for hydroxylation is 1. The van der Waals surface area contributed by atoms with Crippen molar-refractivity contribution in [3.8, 4) is 16.6 Å². The maximum atomic E-state index is 12.4. The molecule has 1 amide bonds. The number of carbonyl (C=O) groups is 1. The number of carbonyl (C=O) groups excluding carboxylic acids is 1. The van der Waals surface area contributed by atoms with Gasteiger partial charge in [0.25, 0.3) is 0 Å². The molecule has 144 valence electrons. The lowest BCUT2D eigenvalue weighted by Crippen LogP contribution is -2.33. The summed E-state index contributed by atoms with van der Waals surface area (Å²) in [5, 5.41) is 13.1. The Bertz CT molecular complexity index is 1310. The minimum Gasteiger partial charge on any atom is -0.348 e. The lowest BCUT2D eigenvalue weighted by atomic mass is 10.0. The van der Waals surface area contributed by atoms with Gasteiger partial charge in [0.1, 0.15) is 26.3 Å². The van der Waals surface area contributed by atoms with E-state index >= 15 is 0 Å². The molecule has 1 atom stereocenters. The van der Waals surface area contributed by atoms with Crippen molar-refractivity contribution in [3.63, 3.8) is 0 Å². The Balaban J connectivity index is 1.48. The zero-order valence-electron chi connectivity index (χ0n) is 16.0. The van der Waals surface area contributed by atoms with Crippen LogP contribution >= 0.6 is 11.3 Å². The fourth-order valence-corrected chi connectivity index (χ4v) is 4.41. The quantitative estimate of drug-likeness (QED) is 0.561. The second-order valence-electron chi connectivity index (χ2n) is 7.53. The second-order valence-corrected chi connectivity index (χ2v) is 8.51. The molecule has 0 saturated heterocycles. The molecule has 0 radical (unpaired) electrons. The van der Waals surface area contributed by atoms with Crippen LogP contribution in [0.5, 0.6) is 0 Å². The minimum atomic E-state index is -0.820. The molecule has 1 N–H and O–H groups in total. The van der Waals surface area contributed by atoms with Crippen LogP contribution in [0.3, 0.4) is 0 Å². The van der Waals surface area contributed by atoms with E-state index in [1.807, 2.05) is 42.8 Å². The lowest BCUT2D eigenvalue weighted by Gasteiger charge is -2.16. The summed E-state index contributed by atoms with van der Waals surface area (Å²) < 4.78 is 1.96. The number of pyridine rings is 1. The first-order valence-electron chi connectivity index (χ1n) is 9.40. The van der Waals surface area contributed by atoms with Crippen LogP contribution in [0, 0.1) is 16.7 Å². The fourth-order valence-electron chi connectivity index (χ4n) is 3.50. The first kappa shape index (κ1) is 17.8. The van der Waals surface area contributed by atoms with Crippen molar-refractivity contribution in [1.82, 2.24) is 24.8 Å². The molecule has 3 heterocycles. The van der Waals surface area contributed by atoms with Crippen LogP contribution in [0.25, 0.3) is 32.0 Å². The molecule has 5 rings (SSSR count). The Morgan fingerprint density at radius 3 is 2.97 bits per heavy atom. The molecule has 1 aromatic carbocycles. The summed E-state index contributed by atoms with van der Waals surface area (Å²) in [5.74, 6) is -0.180. The maximum Gasteiger partial charge on any atom is 0.240 e. The number of hydrogen-bond donors (Lipinski definition) is 1. The highest BCUT2D eigenvalue weighted by Gasteiger charge is 2.50. The number of nitrogens with zero attached hydrogens (tertiary/aromatic N) is 5. The summed E-state index contributed by atoms with van der Waals surface area (Å²) in [6.07, 6.45) is 4.83.